The van der Waals surface area contributed by atoms with Gasteiger partial charge >= 0.3 is 0 Å². The van der Waals surface area contributed by atoms with Crippen LogP contribution in [-0.2, 0) is 4.79 Å². The van der Waals surface area contributed by atoms with Gasteiger partial charge in [0.25, 0.3) is 5.91 Å². The molecule has 0 aromatic heterocycles. The Morgan fingerprint density at radius 2 is 1.33 bits per heavy atom. The number of rotatable bonds is 5. The van der Waals surface area contributed by atoms with Gasteiger partial charge in [0.05, 0.1) is 6.54 Å². The van der Waals surface area contributed by atoms with Crippen LogP contribution in [0.1, 0.15) is 10.4 Å². The van der Waals surface area contributed by atoms with Gasteiger partial charge in [-0.05, 0) is 23.8 Å². The van der Waals surface area contributed by atoms with E-state index in [1.165, 1.54) is 0 Å². The quantitative estimate of drug-likeness (QED) is 0.711. The van der Waals surface area contributed by atoms with Crippen LogP contribution < -0.4 is 5.32 Å². The maximum Gasteiger partial charge on any atom is 0.253 e. The molecule has 0 bridgehead atoms. The summed E-state index contributed by atoms with van der Waals surface area (Å²) in [5.41, 5.74) is 3.60. The topological polar surface area (TPSA) is 52.7 Å². The third-order valence-corrected chi connectivity index (χ3v) is 5.33. The molecule has 1 heterocycles. The molecular weight excluding hydrogens is 374 g/mol. The molecule has 152 valence electrons. The van der Waals surface area contributed by atoms with Gasteiger partial charge in [-0.3, -0.25) is 14.5 Å². The van der Waals surface area contributed by atoms with E-state index in [4.69, 9.17) is 0 Å². The van der Waals surface area contributed by atoms with Gasteiger partial charge in [-0.15, -0.1) is 0 Å². The minimum absolute atomic E-state index is 0.0405. The minimum Gasteiger partial charge on any atom is -0.336 e. The molecule has 3 aromatic carbocycles. The fraction of sp³-hybridized carbons (Fsp3) is 0.200. The summed E-state index contributed by atoms with van der Waals surface area (Å²) in [7, 11) is 0. The number of carbonyl (C=O) groups is 2. The third kappa shape index (κ3) is 4.75. The maximum atomic E-state index is 12.7. The van der Waals surface area contributed by atoms with Gasteiger partial charge in [-0.25, -0.2) is 0 Å². The molecule has 2 amide bonds. The molecule has 30 heavy (non-hydrogen) atoms. The SMILES string of the molecule is O=C(CN1CCN(C(=O)c2ccccc2)CC1)Nc1ccccc1-c1ccccc1. The van der Waals surface area contributed by atoms with Gasteiger partial charge in [0, 0.05) is 43.0 Å². The van der Waals surface area contributed by atoms with Crippen molar-refractivity contribution in [3.05, 3.63) is 90.5 Å². The van der Waals surface area contributed by atoms with Crippen molar-refractivity contribution in [3.63, 3.8) is 0 Å². The lowest BCUT2D eigenvalue weighted by Crippen LogP contribution is -2.50. The Labute approximate surface area is 176 Å². The first-order valence-corrected chi connectivity index (χ1v) is 10.2. The monoisotopic (exact) mass is 399 g/mol. The Kier molecular flexibility index (Phi) is 6.20. The molecular formula is C25H25N3O2. The van der Waals surface area contributed by atoms with Gasteiger partial charge in [0.15, 0.2) is 0 Å². The summed E-state index contributed by atoms with van der Waals surface area (Å²) in [6.07, 6.45) is 0. The highest BCUT2D eigenvalue weighted by atomic mass is 16.2. The molecule has 0 spiro atoms. The van der Waals surface area contributed by atoms with Crippen molar-refractivity contribution in [3.8, 4) is 11.1 Å². The standard InChI is InChI=1S/C25H25N3O2/c29-24(26-23-14-8-7-13-22(23)20-9-3-1-4-10-20)19-27-15-17-28(18-16-27)25(30)21-11-5-2-6-12-21/h1-14H,15-19H2,(H,26,29). The first-order valence-electron chi connectivity index (χ1n) is 10.2. The van der Waals surface area contributed by atoms with Crippen LogP contribution >= 0.6 is 0 Å². The molecule has 0 unspecified atom stereocenters. The molecule has 5 heteroatoms. The predicted octanol–water partition coefficient (Wildman–Crippen LogP) is 3.75. The zero-order valence-corrected chi connectivity index (χ0v) is 16.8. The van der Waals surface area contributed by atoms with E-state index in [9.17, 15) is 9.59 Å². The number of nitrogens with one attached hydrogen (secondary N) is 1. The highest BCUT2D eigenvalue weighted by Crippen LogP contribution is 2.27. The normalized spacial score (nSPS) is 14.3. The highest BCUT2D eigenvalue weighted by Gasteiger charge is 2.23. The van der Waals surface area contributed by atoms with Crippen LogP contribution in [0.25, 0.3) is 11.1 Å². The van der Waals surface area contributed by atoms with E-state index in [1.807, 2.05) is 89.8 Å². The molecule has 1 saturated heterocycles. The second-order valence-corrected chi connectivity index (χ2v) is 7.39. The molecule has 1 aliphatic rings. The van der Waals surface area contributed by atoms with Crippen LogP contribution in [0.3, 0.4) is 0 Å². The van der Waals surface area contributed by atoms with E-state index in [1.54, 1.807) is 0 Å². The fourth-order valence-corrected chi connectivity index (χ4v) is 3.73. The van der Waals surface area contributed by atoms with E-state index in [-0.39, 0.29) is 11.8 Å². The van der Waals surface area contributed by atoms with E-state index < -0.39 is 0 Å². The average Bonchev–Trinajstić information content (AvgIpc) is 2.80. The Morgan fingerprint density at radius 3 is 2.03 bits per heavy atom. The summed E-state index contributed by atoms with van der Waals surface area (Å²) in [5.74, 6) is 0.0118. The zero-order valence-electron chi connectivity index (χ0n) is 16.8. The van der Waals surface area contributed by atoms with Crippen molar-refractivity contribution < 1.29 is 9.59 Å². The first kappa shape index (κ1) is 19.9. The number of hydrogen-bond acceptors (Lipinski definition) is 3. The number of anilines is 1. The Hall–Kier alpha value is -3.44. The summed E-state index contributed by atoms with van der Waals surface area (Å²) in [5, 5.41) is 3.05. The van der Waals surface area contributed by atoms with Crippen LogP contribution in [0.15, 0.2) is 84.9 Å². The maximum absolute atomic E-state index is 12.7. The fourth-order valence-electron chi connectivity index (χ4n) is 3.73. The number of benzene rings is 3. The molecule has 1 aliphatic heterocycles. The second kappa shape index (κ2) is 9.37. The molecule has 3 aromatic rings. The molecule has 0 atom stereocenters. The van der Waals surface area contributed by atoms with Crippen LogP contribution in [0.4, 0.5) is 5.69 Å². The van der Waals surface area contributed by atoms with E-state index in [2.05, 4.69) is 10.2 Å². The van der Waals surface area contributed by atoms with Gasteiger partial charge < -0.3 is 10.2 Å². The Morgan fingerprint density at radius 1 is 0.733 bits per heavy atom. The molecule has 1 N–H and O–H groups in total. The number of piperazine rings is 1. The van der Waals surface area contributed by atoms with Crippen LogP contribution in [-0.4, -0.2) is 54.3 Å². The molecule has 0 radical (unpaired) electrons. The molecule has 0 aliphatic carbocycles. The molecule has 5 nitrogen and oxygen atoms in total. The average molecular weight is 399 g/mol. The van der Waals surface area contributed by atoms with E-state index in [0.29, 0.717) is 38.3 Å². The zero-order chi connectivity index (χ0) is 20.8. The van der Waals surface area contributed by atoms with Crippen LogP contribution in [0.5, 0.6) is 0 Å². The number of carbonyl (C=O) groups excluding carboxylic acids is 2. The lowest BCUT2D eigenvalue weighted by atomic mass is 10.0. The van der Waals surface area contributed by atoms with Crippen molar-refractivity contribution in [1.82, 2.24) is 9.80 Å². The Balaban J connectivity index is 1.33. The Bertz CT molecular complexity index is 997. The number of para-hydroxylation sites is 1. The largest absolute Gasteiger partial charge is 0.336 e. The highest BCUT2D eigenvalue weighted by molar-refractivity contribution is 5.97. The van der Waals surface area contributed by atoms with Gasteiger partial charge in [0.2, 0.25) is 5.91 Å². The number of amides is 2. The smallest absolute Gasteiger partial charge is 0.253 e. The van der Waals surface area contributed by atoms with Gasteiger partial charge in [0.1, 0.15) is 0 Å². The predicted molar refractivity (Wildman–Crippen MR) is 119 cm³/mol. The number of nitrogens with zero attached hydrogens (tertiary/aromatic N) is 2. The molecule has 0 saturated carbocycles. The van der Waals surface area contributed by atoms with E-state index in [0.717, 1.165) is 16.8 Å². The summed E-state index contributed by atoms with van der Waals surface area (Å²) < 4.78 is 0. The van der Waals surface area contributed by atoms with Crippen molar-refractivity contribution in [2.75, 3.05) is 38.0 Å². The van der Waals surface area contributed by atoms with E-state index >= 15 is 0 Å². The number of hydrogen-bond donors (Lipinski definition) is 1. The van der Waals surface area contributed by atoms with Crippen molar-refractivity contribution in [2.24, 2.45) is 0 Å². The van der Waals surface area contributed by atoms with Gasteiger partial charge in [-0.1, -0.05) is 66.7 Å². The third-order valence-electron chi connectivity index (χ3n) is 5.33. The lowest BCUT2D eigenvalue weighted by molar-refractivity contribution is -0.117. The van der Waals surface area contributed by atoms with Crippen LogP contribution in [0, 0.1) is 0 Å². The lowest BCUT2D eigenvalue weighted by Gasteiger charge is -2.34. The van der Waals surface area contributed by atoms with Crippen LogP contribution in [0.2, 0.25) is 0 Å². The summed E-state index contributed by atoms with van der Waals surface area (Å²) in [6, 6.07) is 27.2. The molecule has 4 rings (SSSR count). The summed E-state index contributed by atoms with van der Waals surface area (Å²) in [4.78, 5) is 29.2. The van der Waals surface area contributed by atoms with Gasteiger partial charge in [-0.2, -0.15) is 0 Å². The minimum atomic E-state index is -0.0405. The first-order chi connectivity index (χ1) is 14.7. The van der Waals surface area contributed by atoms with Crippen molar-refractivity contribution >= 4 is 17.5 Å². The van der Waals surface area contributed by atoms with Crippen molar-refractivity contribution in [1.29, 1.82) is 0 Å². The summed E-state index contributed by atoms with van der Waals surface area (Å²) >= 11 is 0. The second-order valence-electron chi connectivity index (χ2n) is 7.39. The summed E-state index contributed by atoms with van der Waals surface area (Å²) in [6.45, 7) is 2.94. The molecule has 1 fully saturated rings. The van der Waals surface area contributed by atoms with Crippen molar-refractivity contribution in [2.45, 2.75) is 0 Å².